The van der Waals surface area contributed by atoms with Gasteiger partial charge in [0.2, 0.25) is 10.0 Å². The van der Waals surface area contributed by atoms with Crippen molar-refractivity contribution in [3.8, 4) is 0 Å². The molecular formula is C11H17N3O3S. The summed E-state index contributed by atoms with van der Waals surface area (Å²) in [6.45, 7) is 1.91. The summed E-state index contributed by atoms with van der Waals surface area (Å²) >= 11 is 0. The van der Waals surface area contributed by atoms with E-state index in [0.29, 0.717) is 32.7 Å². The van der Waals surface area contributed by atoms with E-state index >= 15 is 0 Å². The maximum absolute atomic E-state index is 11.6. The first-order valence-electron chi connectivity index (χ1n) is 5.85. The number of hydrogen-bond acceptors (Lipinski definition) is 5. The van der Waals surface area contributed by atoms with Gasteiger partial charge in [-0.3, -0.25) is 0 Å². The average molecular weight is 271 g/mol. The Morgan fingerprint density at radius 2 is 2.39 bits per heavy atom. The molecule has 2 rings (SSSR count). The topological polar surface area (TPSA) is 72.4 Å². The Labute approximate surface area is 107 Å². The molecule has 100 valence electrons. The molecule has 1 unspecified atom stereocenters. The monoisotopic (exact) mass is 271 g/mol. The molecule has 2 heterocycles. The van der Waals surface area contributed by atoms with Gasteiger partial charge in [0, 0.05) is 25.2 Å². The third kappa shape index (κ3) is 3.72. The quantitative estimate of drug-likeness (QED) is 0.769. The first-order valence-corrected chi connectivity index (χ1v) is 7.70. The van der Waals surface area contributed by atoms with Crippen LogP contribution in [0, 0.1) is 5.92 Å². The van der Waals surface area contributed by atoms with Crippen molar-refractivity contribution in [2.75, 3.05) is 32.6 Å². The lowest BCUT2D eigenvalue weighted by Gasteiger charge is -2.20. The Kier molecular flexibility index (Phi) is 4.26. The van der Waals surface area contributed by atoms with Gasteiger partial charge in [-0.1, -0.05) is 0 Å². The van der Waals surface area contributed by atoms with Crippen molar-refractivity contribution < 1.29 is 13.2 Å². The van der Waals surface area contributed by atoms with Gasteiger partial charge in [-0.2, -0.15) is 14.5 Å². The minimum atomic E-state index is -3.16. The van der Waals surface area contributed by atoms with E-state index in [4.69, 9.17) is 4.74 Å². The molecule has 1 aliphatic heterocycles. The number of rotatable bonds is 3. The van der Waals surface area contributed by atoms with Crippen molar-refractivity contribution in [2.45, 2.75) is 6.42 Å². The largest absolute Gasteiger partial charge is 0.380 e. The lowest BCUT2D eigenvalue weighted by atomic mass is 10.0. The second-order valence-corrected chi connectivity index (χ2v) is 6.46. The molecule has 0 spiro atoms. The van der Waals surface area contributed by atoms with Crippen LogP contribution in [0.1, 0.15) is 5.69 Å². The number of hydrogen-bond donors (Lipinski definition) is 0. The first-order chi connectivity index (χ1) is 8.55. The SMILES string of the molecule is CS(=O)(=O)N1CCOCC(Cc2cccnn2)C1. The highest BCUT2D eigenvalue weighted by atomic mass is 32.2. The van der Waals surface area contributed by atoms with Crippen LogP contribution in [0.4, 0.5) is 0 Å². The summed E-state index contributed by atoms with van der Waals surface area (Å²) in [4.78, 5) is 0. The van der Waals surface area contributed by atoms with Crippen molar-refractivity contribution in [1.82, 2.24) is 14.5 Å². The zero-order chi connectivity index (χ0) is 13.0. The fraction of sp³-hybridized carbons (Fsp3) is 0.636. The van der Waals surface area contributed by atoms with Gasteiger partial charge in [-0.15, -0.1) is 0 Å². The van der Waals surface area contributed by atoms with E-state index in [1.54, 1.807) is 6.20 Å². The fourth-order valence-electron chi connectivity index (χ4n) is 2.01. The predicted molar refractivity (Wildman–Crippen MR) is 66.5 cm³/mol. The molecule has 1 aliphatic rings. The standard InChI is InChI=1S/C11H17N3O3S/c1-18(15,16)14-5-6-17-9-10(8-14)7-11-3-2-4-12-13-11/h2-4,10H,5-9H2,1H3. The van der Waals surface area contributed by atoms with Crippen LogP contribution >= 0.6 is 0 Å². The molecule has 0 amide bonds. The van der Waals surface area contributed by atoms with Crippen molar-refractivity contribution in [3.63, 3.8) is 0 Å². The second-order valence-electron chi connectivity index (χ2n) is 4.48. The number of aromatic nitrogens is 2. The smallest absolute Gasteiger partial charge is 0.211 e. The summed E-state index contributed by atoms with van der Waals surface area (Å²) in [6, 6.07) is 3.72. The second kappa shape index (κ2) is 5.73. The highest BCUT2D eigenvalue weighted by Crippen LogP contribution is 2.14. The normalized spacial score (nSPS) is 22.6. The molecule has 18 heavy (non-hydrogen) atoms. The minimum Gasteiger partial charge on any atom is -0.380 e. The van der Waals surface area contributed by atoms with Crippen molar-refractivity contribution >= 4 is 10.0 Å². The zero-order valence-electron chi connectivity index (χ0n) is 10.3. The number of nitrogens with zero attached hydrogens (tertiary/aromatic N) is 3. The molecule has 0 aromatic carbocycles. The van der Waals surface area contributed by atoms with Gasteiger partial charge in [-0.05, 0) is 18.6 Å². The lowest BCUT2D eigenvalue weighted by molar-refractivity contribution is 0.122. The first kappa shape index (κ1) is 13.4. The van der Waals surface area contributed by atoms with Crippen molar-refractivity contribution in [2.24, 2.45) is 5.92 Å². The fourth-order valence-corrected chi connectivity index (χ4v) is 2.90. The molecule has 1 atom stereocenters. The number of ether oxygens (including phenoxy) is 1. The predicted octanol–water partition coefficient (Wildman–Crippen LogP) is -0.0729. The molecule has 6 nitrogen and oxygen atoms in total. The summed E-state index contributed by atoms with van der Waals surface area (Å²) in [5.41, 5.74) is 0.862. The van der Waals surface area contributed by atoms with Crippen LogP contribution in [-0.4, -0.2) is 55.5 Å². The molecule has 0 N–H and O–H groups in total. The van der Waals surface area contributed by atoms with E-state index in [0.717, 1.165) is 5.69 Å². The van der Waals surface area contributed by atoms with E-state index in [1.165, 1.54) is 10.6 Å². The Morgan fingerprint density at radius 3 is 3.06 bits per heavy atom. The highest BCUT2D eigenvalue weighted by Gasteiger charge is 2.25. The Balaban J connectivity index is 2.04. The molecule has 1 aromatic heterocycles. The van der Waals surface area contributed by atoms with E-state index in [2.05, 4.69) is 10.2 Å². The average Bonchev–Trinajstić information content (AvgIpc) is 2.55. The van der Waals surface area contributed by atoms with Crippen LogP contribution in [0.2, 0.25) is 0 Å². The molecule has 1 saturated heterocycles. The Bertz CT molecular complexity index is 478. The van der Waals surface area contributed by atoms with Crippen LogP contribution in [0.15, 0.2) is 18.3 Å². The van der Waals surface area contributed by atoms with Gasteiger partial charge < -0.3 is 4.74 Å². The van der Waals surface area contributed by atoms with Crippen LogP contribution in [0.3, 0.4) is 0 Å². The van der Waals surface area contributed by atoms with Gasteiger partial charge in [0.05, 0.1) is 25.2 Å². The summed E-state index contributed by atoms with van der Waals surface area (Å²) in [7, 11) is -3.16. The summed E-state index contributed by atoms with van der Waals surface area (Å²) < 4.78 is 30.1. The van der Waals surface area contributed by atoms with Gasteiger partial charge in [0.1, 0.15) is 0 Å². The van der Waals surface area contributed by atoms with E-state index in [-0.39, 0.29) is 5.92 Å². The zero-order valence-corrected chi connectivity index (χ0v) is 11.1. The van der Waals surface area contributed by atoms with E-state index in [9.17, 15) is 8.42 Å². The molecule has 7 heteroatoms. The molecule has 1 aromatic rings. The molecule has 0 aliphatic carbocycles. The molecular weight excluding hydrogens is 254 g/mol. The van der Waals surface area contributed by atoms with Crippen molar-refractivity contribution in [1.29, 1.82) is 0 Å². The van der Waals surface area contributed by atoms with Gasteiger partial charge in [0.15, 0.2) is 0 Å². The maximum atomic E-state index is 11.6. The molecule has 0 bridgehead atoms. The van der Waals surface area contributed by atoms with Gasteiger partial charge in [-0.25, -0.2) is 8.42 Å². The summed E-state index contributed by atoms with van der Waals surface area (Å²) in [6.07, 6.45) is 3.54. The Hall–Kier alpha value is -1.05. The molecule has 0 saturated carbocycles. The maximum Gasteiger partial charge on any atom is 0.211 e. The number of sulfonamides is 1. The van der Waals surface area contributed by atoms with Crippen LogP contribution < -0.4 is 0 Å². The Morgan fingerprint density at radius 1 is 1.56 bits per heavy atom. The van der Waals surface area contributed by atoms with Crippen LogP contribution in [0.25, 0.3) is 0 Å². The third-order valence-electron chi connectivity index (χ3n) is 2.89. The van der Waals surface area contributed by atoms with E-state index in [1.807, 2.05) is 12.1 Å². The highest BCUT2D eigenvalue weighted by molar-refractivity contribution is 7.88. The van der Waals surface area contributed by atoms with Crippen LogP contribution in [-0.2, 0) is 21.2 Å². The van der Waals surface area contributed by atoms with Crippen LogP contribution in [0.5, 0.6) is 0 Å². The summed E-state index contributed by atoms with van der Waals surface area (Å²) in [5, 5.41) is 7.84. The molecule has 0 radical (unpaired) electrons. The third-order valence-corrected chi connectivity index (χ3v) is 4.16. The van der Waals surface area contributed by atoms with Crippen molar-refractivity contribution in [3.05, 3.63) is 24.0 Å². The van der Waals surface area contributed by atoms with Gasteiger partial charge >= 0.3 is 0 Å². The van der Waals surface area contributed by atoms with Gasteiger partial charge in [0.25, 0.3) is 0 Å². The lowest BCUT2D eigenvalue weighted by Crippen LogP contribution is -2.35. The molecule has 1 fully saturated rings. The van der Waals surface area contributed by atoms with E-state index < -0.39 is 10.0 Å². The minimum absolute atomic E-state index is 0.124. The summed E-state index contributed by atoms with van der Waals surface area (Å²) in [5.74, 6) is 0.124.